The van der Waals surface area contributed by atoms with Gasteiger partial charge in [0.2, 0.25) is 0 Å². The molecular weight excluding hydrogens is 528 g/mol. The van der Waals surface area contributed by atoms with Gasteiger partial charge in [0.15, 0.2) is 0 Å². The van der Waals surface area contributed by atoms with E-state index >= 15 is 0 Å². The van der Waals surface area contributed by atoms with Gasteiger partial charge in [0.25, 0.3) is 5.69 Å². The summed E-state index contributed by atoms with van der Waals surface area (Å²) in [5.41, 5.74) is 2.04. The second kappa shape index (κ2) is 12.9. The smallest absolute Gasteiger partial charge is 0.336 e. The molecular formula is C31H30N2O8. The van der Waals surface area contributed by atoms with E-state index in [-0.39, 0.29) is 30.2 Å². The number of nitro groups is 1. The zero-order valence-corrected chi connectivity index (χ0v) is 23.2. The maximum absolute atomic E-state index is 13.7. The van der Waals surface area contributed by atoms with E-state index in [1.54, 1.807) is 82.7 Å². The van der Waals surface area contributed by atoms with Crippen molar-refractivity contribution in [2.45, 2.75) is 19.8 Å². The van der Waals surface area contributed by atoms with Crippen LogP contribution in [-0.2, 0) is 19.1 Å². The number of benzene rings is 3. The molecule has 2 atom stereocenters. The molecule has 0 saturated carbocycles. The van der Waals surface area contributed by atoms with E-state index < -0.39 is 28.7 Å². The Morgan fingerprint density at radius 2 is 1.44 bits per heavy atom. The monoisotopic (exact) mass is 558 g/mol. The molecule has 10 nitrogen and oxygen atoms in total. The molecule has 0 amide bonds. The van der Waals surface area contributed by atoms with Crippen LogP contribution in [0.15, 0.2) is 83.4 Å². The van der Waals surface area contributed by atoms with Crippen LogP contribution in [0.5, 0.6) is 11.5 Å². The summed E-state index contributed by atoms with van der Waals surface area (Å²) in [6.45, 7) is 3.50. The topological polar surface area (TPSA) is 127 Å². The highest BCUT2D eigenvalue weighted by molar-refractivity contribution is 6.18. The quantitative estimate of drug-likeness (QED) is 0.185. The molecule has 0 fully saturated rings. The summed E-state index contributed by atoms with van der Waals surface area (Å²) in [6, 6.07) is 19.8. The van der Waals surface area contributed by atoms with Crippen molar-refractivity contribution < 1.29 is 33.5 Å². The first-order valence-corrected chi connectivity index (χ1v) is 13.0. The summed E-state index contributed by atoms with van der Waals surface area (Å²) in [5.74, 6) is -2.25. The molecule has 3 aromatic carbocycles. The van der Waals surface area contributed by atoms with Crippen LogP contribution < -0.4 is 9.47 Å². The number of nitro benzene ring substituents is 1. The van der Waals surface area contributed by atoms with Gasteiger partial charge in [0, 0.05) is 23.6 Å². The van der Waals surface area contributed by atoms with Crippen molar-refractivity contribution in [3.8, 4) is 11.5 Å². The summed E-state index contributed by atoms with van der Waals surface area (Å²) in [4.78, 5) is 43.5. The van der Waals surface area contributed by atoms with Crippen molar-refractivity contribution in [2.24, 2.45) is 10.9 Å². The van der Waals surface area contributed by atoms with Gasteiger partial charge in [-0.25, -0.2) is 4.79 Å². The third-order valence-electron chi connectivity index (χ3n) is 6.65. The summed E-state index contributed by atoms with van der Waals surface area (Å²) >= 11 is 0. The Bertz CT molecular complexity index is 1490. The van der Waals surface area contributed by atoms with Crippen LogP contribution in [-0.4, -0.2) is 50.0 Å². The van der Waals surface area contributed by atoms with Crippen LogP contribution >= 0.6 is 0 Å². The predicted octanol–water partition coefficient (Wildman–Crippen LogP) is 5.35. The molecule has 2 unspecified atom stereocenters. The summed E-state index contributed by atoms with van der Waals surface area (Å²) in [5, 5.41) is 11.7. The van der Waals surface area contributed by atoms with Gasteiger partial charge in [-0.15, -0.1) is 0 Å². The minimum atomic E-state index is -1.12. The molecule has 1 aliphatic heterocycles. The normalized spacial score (nSPS) is 16.4. The lowest BCUT2D eigenvalue weighted by Gasteiger charge is -2.33. The molecule has 4 rings (SSSR count). The van der Waals surface area contributed by atoms with Crippen molar-refractivity contribution in [1.29, 1.82) is 0 Å². The van der Waals surface area contributed by atoms with Crippen LogP contribution in [0.3, 0.4) is 0 Å². The van der Waals surface area contributed by atoms with E-state index in [2.05, 4.69) is 0 Å². The van der Waals surface area contributed by atoms with Crippen molar-refractivity contribution in [3.05, 3.63) is 105 Å². The van der Waals surface area contributed by atoms with E-state index in [1.165, 1.54) is 18.2 Å². The van der Waals surface area contributed by atoms with Crippen molar-refractivity contribution in [3.63, 3.8) is 0 Å². The second-order valence-corrected chi connectivity index (χ2v) is 9.00. The van der Waals surface area contributed by atoms with E-state index in [0.29, 0.717) is 33.9 Å². The average molecular weight is 559 g/mol. The Morgan fingerprint density at radius 1 is 0.854 bits per heavy atom. The number of hydrogen-bond donors (Lipinski definition) is 0. The molecule has 0 N–H and O–H groups in total. The number of non-ortho nitro benzene ring substituents is 1. The molecule has 41 heavy (non-hydrogen) atoms. The molecule has 0 aliphatic carbocycles. The number of methoxy groups -OCH3 is 2. The number of ether oxygens (including phenoxy) is 4. The first kappa shape index (κ1) is 29.0. The van der Waals surface area contributed by atoms with Crippen molar-refractivity contribution >= 4 is 29.0 Å². The number of aliphatic imine (C=N–C) groups is 1. The Labute approximate surface area is 237 Å². The van der Waals surface area contributed by atoms with Crippen LogP contribution in [0.1, 0.15) is 36.5 Å². The minimum Gasteiger partial charge on any atom is -0.497 e. The van der Waals surface area contributed by atoms with E-state index in [1.807, 2.05) is 0 Å². The first-order valence-electron chi connectivity index (χ1n) is 13.0. The van der Waals surface area contributed by atoms with Gasteiger partial charge in [0.1, 0.15) is 17.4 Å². The van der Waals surface area contributed by atoms with E-state index in [9.17, 15) is 19.7 Å². The average Bonchev–Trinajstić information content (AvgIpc) is 3.00. The third-order valence-corrected chi connectivity index (χ3v) is 6.65. The van der Waals surface area contributed by atoms with Gasteiger partial charge in [0.05, 0.1) is 49.3 Å². The van der Waals surface area contributed by atoms with Crippen LogP contribution in [0.25, 0.3) is 5.70 Å². The lowest BCUT2D eigenvalue weighted by atomic mass is 9.73. The molecule has 10 heteroatoms. The summed E-state index contributed by atoms with van der Waals surface area (Å²) < 4.78 is 21.6. The zero-order chi connectivity index (χ0) is 29.5. The largest absolute Gasteiger partial charge is 0.497 e. The highest BCUT2D eigenvalue weighted by Crippen LogP contribution is 2.45. The summed E-state index contributed by atoms with van der Waals surface area (Å²) in [7, 11) is 3.09. The van der Waals surface area contributed by atoms with Gasteiger partial charge < -0.3 is 18.9 Å². The lowest BCUT2D eigenvalue weighted by molar-refractivity contribution is -0.384. The maximum Gasteiger partial charge on any atom is 0.336 e. The highest BCUT2D eigenvalue weighted by Gasteiger charge is 2.45. The number of esters is 2. The van der Waals surface area contributed by atoms with Crippen molar-refractivity contribution in [2.75, 3.05) is 27.4 Å². The molecule has 1 heterocycles. The SMILES string of the molecule is CCOC(=O)C1=C(c2ccc(OC)cc2)N=C(c2ccc(OC)cc2)C(C(=O)OCC)C1c1cccc([N+](=O)[O-])c1. The predicted molar refractivity (Wildman–Crippen MR) is 152 cm³/mol. The van der Waals surface area contributed by atoms with E-state index in [4.69, 9.17) is 23.9 Å². The third kappa shape index (κ3) is 6.11. The Balaban J connectivity index is 2.09. The van der Waals surface area contributed by atoms with Gasteiger partial charge in [-0.3, -0.25) is 19.9 Å². The van der Waals surface area contributed by atoms with Crippen molar-refractivity contribution in [1.82, 2.24) is 0 Å². The van der Waals surface area contributed by atoms with E-state index in [0.717, 1.165) is 0 Å². The van der Waals surface area contributed by atoms with Gasteiger partial charge in [-0.2, -0.15) is 0 Å². The fourth-order valence-corrected chi connectivity index (χ4v) is 4.80. The molecule has 212 valence electrons. The van der Waals surface area contributed by atoms with Crippen LogP contribution in [0.2, 0.25) is 0 Å². The Hall–Kier alpha value is -4.99. The van der Waals surface area contributed by atoms with Gasteiger partial charge in [-0.05, 0) is 73.5 Å². The Morgan fingerprint density at radius 3 is 1.98 bits per heavy atom. The first-order chi connectivity index (χ1) is 19.8. The van der Waals surface area contributed by atoms with Crippen LogP contribution in [0.4, 0.5) is 5.69 Å². The number of rotatable bonds is 10. The minimum absolute atomic E-state index is 0.0685. The molecule has 0 saturated heterocycles. The maximum atomic E-state index is 13.7. The number of carbonyl (C=O) groups is 2. The molecule has 3 aromatic rings. The molecule has 0 spiro atoms. The van der Waals surface area contributed by atoms with Crippen LogP contribution in [0, 0.1) is 16.0 Å². The zero-order valence-electron chi connectivity index (χ0n) is 23.2. The molecule has 0 bridgehead atoms. The molecule has 0 aromatic heterocycles. The standard InChI is InChI=1S/C31H30N2O8/c1-5-40-30(34)26-25(21-8-7-9-22(18-21)33(36)37)27(31(35)41-6-2)29(20-12-16-24(39-4)17-13-20)32-28(26)19-10-14-23(38-3)15-11-19/h7-18,25-26H,5-6H2,1-4H3. The molecule has 0 radical (unpaired) electrons. The number of carbonyl (C=O) groups excluding carboxylic acids is 2. The lowest BCUT2D eigenvalue weighted by Crippen LogP contribution is -2.38. The number of nitrogens with zero attached hydrogens (tertiary/aromatic N) is 2. The fourth-order valence-electron chi connectivity index (χ4n) is 4.80. The van der Waals surface area contributed by atoms with Gasteiger partial charge in [-0.1, -0.05) is 12.1 Å². The highest BCUT2D eigenvalue weighted by atomic mass is 16.6. The summed E-state index contributed by atoms with van der Waals surface area (Å²) in [6.07, 6.45) is 0. The Kier molecular flexibility index (Phi) is 9.13. The number of hydrogen-bond acceptors (Lipinski definition) is 9. The molecule has 1 aliphatic rings. The second-order valence-electron chi connectivity index (χ2n) is 9.00. The van der Waals surface area contributed by atoms with Gasteiger partial charge >= 0.3 is 11.9 Å². The fraction of sp³-hybridized carbons (Fsp3) is 0.258.